The fourth-order valence-corrected chi connectivity index (χ4v) is 4.04. The molecule has 0 spiro atoms. The highest BCUT2D eigenvalue weighted by Crippen LogP contribution is 2.28. The first-order chi connectivity index (χ1) is 13.1. The number of hydrogen-bond acceptors (Lipinski definition) is 4. The van der Waals surface area contributed by atoms with Gasteiger partial charge in [0.2, 0.25) is 0 Å². The van der Waals surface area contributed by atoms with Gasteiger partial charge in [0.1, 0.15) is 0 Å². The standard InChI is InChI=1S/C19H26N6O2/c1-2-7-20-19(27)21-13-3-4-15-14(10-13)17(24-23-15)18(26)22-16-11-25-8-5-12(16)6-9-25/h3-4,10,12,16H,2,5-9,11H2,1H3,(H,22,26)(H,23,24)(H2,20,21,27)/t16-/m1/s1. The van der Waals surface area contributed by atoms with Crippen LogP contribution in [-0.2, 0) is 0 Å². The number of anilines is 1. The molecular weight excluding hydrogens is 344 g/mol. The summed E-state index contributed by atoms with van der Waals surface area (Å²) < 4.78 is 0. The van der Waals surface area contributed by atoms with Crippen LogP contribution in [0.2, 0.25) is 0 Å². The first-order valence-corrected chi connectivity index (χ1v) is 9.70. The summed E-state index contributed by atoms with van der Waals surface area (Å²) in [5, 5.41) is 16.6. The first kappa shape index (κ1) is 17.8. The number of nitrogens with one attached hydrogen (secondary N) is 4. The van der Waals surface area contributed by atoms with E-state index in [2.05, 4.69) is 31.0 Å². The fourth-order valence-electron chi connectivity index (χ4n) is 4.04. The SMILES string of the molecule is CCCNC(=O)Nc1ccc2[nH]nc(C(=O)N[C@@H]3CN4CCC3CC4)c2c1. The molecule has 27 heavy (non-hydrogen) atoms. The number of nitrogens with zero attached hydrogens (tertiary/aromatic N) is 2. The number of carbonyl (C=O) groups is 2. The van der Waals surface area contributed by atoms with Gasteiger partial charge >= 0.3 is 6.03 Å². The first-order valence-electron chi connectivity index (χ1n) is 9.70. The van der Waals surface area contributed by atoms with E-state index in [1.165, 1.54) is 0 Å². The van der Waals surface area contributed by atoms with Crippen LogP contribution < -0.4 is 16.0 Å². The van der Waals surface area contributed by atoms with E-state index >= 15 is 0 Å². The summed E-state index contributed by atoms with van der Waals surface area (Å²) in [7, 11) is 0. The summed E-state index contributed by atoms with van der Waals surface area (Å²) in [6, 6.07) is 5.34. The number of rotatable bonds is 5. The van der Waals surface area contributed by atoms with Gasteiger partial charge in [-0.1, -0.05) is 6.92 Å². The van der Waals surface area contributed by atoms with Crippen LogP contribution in [0.3, 0.4) is 0 Å². The van der Waals surface area contributed by atoms with E-state index in [-0.39, 0.29) is 18.0 Å². The molecular formula is C19H26N6O2. The van der Waals surface area contributed by atoms with Gasteiger partial charge < -0.3 is 20.9 Å². The maximum Gasteiger partial charge on any atom is 0.319 e. The minimum absolute atomic E-state index is 0.160. The Morgan fingerprint density at radius 2 is 2.11 bits per heavy atom. The Morgan fingerprint density at radius 3 is 2.81 bits per heavy atom. The number of urea groups is 1. The Bertz CT molecular complexity index is 840. The van der Waals surface area contributed by atoms with Crippen LogP contribution in [-0.4, -0.2) is 59.3 Å². The molecule has 3 aliphatic heterocycles. The number of aromatic nitrogens is 2. The average Bonchev–Trinajstić information content (AvgIpc) is 3.10. The van der Waals surface area contributed by atoms with Crippen LogP contribution in [0.15, 0.2) is 18.2 Å². The highest BCUT2D eigenvalue weighted by Gasteiger charge is 2.35. The normalized spacial score (nSPS) is 24.0. The van der Waals surface area contributed by atoms with Crippen LogP contribution in [0.4, 0.5) is 10.5 Å². The monoisotopic (exact) mass is 370 g/mol. The van der Waals surface area contributed by atoms with Crippen LogP contribution in [0.5, 0.6) is 0 Å². The lowest BCUT2D eigenvalue weighted by Crippen LogP contribution is -2.57. The van der Waals surface area contributed by atoms with E-state index in [0.29, 0.717) is 29.2 Å². The number of H-pyrrole nitrogens is 1. The molecule has 1 atom stereocenters. The third-order valence-corrected chi connectivity index (χ3v) is 5.54. The van der Waals surface area contributed by atoms with Crippen molar-refractivity contribution in [2.75, 3.05) is 31.5 Å². The topological polar surface area (TPSA) is 102 Å². The molecule has 1 aromatic heterocycles. The van der Waals surface area contributed by atoms with E-state index < -0.39 is 0 Å². The fraction of sp³-hybridized carbons (Fsp3) is 0.526. The van der Waals surface area contributed by atoms with Gasteiger partial charge in [0.05, 0.1) is 5.52 Å². The van der Waals surface area contributed by atoms with Crippen molar-refractivity contribution in [1.82, 2.24) is 25.7 Å². The number of aromatic amines is 1. The van der Waals surface area contributed by atoms with Crippen molar-refractivity contribution >= 4 is 28.5 Å². The minimum atomic E-state index is -0.252. The van der Waals surface area contributed by atoms with E-state index in [1.54, 1.807) is 12.1 Å². The molecule has 0 aliphatic carbocycles. The maximum atomic E-state index is 12.8. The molecule has 8 nitrogen and oxygen atoms in total. The molecule has 144 valence electrons. The van der Waals surface area contributed by atoms with Gasteiger partial charge in [0.25, 0.3) is 5.91 Å². The third-order valence-electron chi connectivity index (χ3n) is 5.54. The molecule has 1 aromatic carbocycles. The predicted molar refractivity (Wildman–Crippen MR) is 104 cm³/mol. The number of benzene rings is 1. The van der Waals surface area contributed by atoms with Gasteiger partial charge in [0.15, 0.2) is 5.69 Å². The van der Waals surface area contributed by atoms with Gasteiger partial charge in [-0.05, 0) is 56.5 Å². The van der Waals surface area contributed by atoms with Gasteiger partial charge in [0, 0.05) is 30.2 Å². The van der Waals surface area contributed by atoms with Crippen molar-refractivity contribution in [3.8, 4) is 0 Å². The largest absolute Gasteiger partial charge is 0.346 e. The predicted octanol–water partition coefficient (Wildman–Crippen LogP) is 1.92. The highest BCUT2D eigenvalue weighted by molar-refractivity contribution is 6.06. The molecule has 0 radical (unpaired) electrons. The Hall–Kier alpha value is -2.61. The lowest BCUT2D eigenvalue weighted by Gasteiger charge is -2.44. The number of hydrogen-bond donors (Lipinski definition) is 4. The second-order valence-corrected chi connectivity index (χ2v) is 7.43. The summed E-state index contributed by atoms with van der Waals surface area (Å²) in [4.78, 5) is 27.1. The van der Waals surface area contributed by atoms with E-state index in [9.17, 15) is 9.59 Å². The zero-order chi connectivity index (χ0) is 18.8. The third kappa shape index (κ3) is 3.75. The average molecular weight is 370 g/mol. The number of carbonyl (C=O) groups excluding carboxylic acids is 2. The van der Waals surface area contributed by atoms with Crippen LogP contribution >= 0.6 is 0 Å². The van der Waals surface area contributed by atoms with E-state index in [1.807, 2.05) is 13.0 Å². The Kier molecular flexibility index (Phi) is 4.98. The molecule has 4 N–H and O–H groups in total. The quantitative estimate of drug-likeness (QED) is 0.646. The Labute approximate surface area is 158 Å². The molecule has 4 heterocycles. The lowest BCUT2D eigenvalue weighted by atomic mass is 9.84. The van der Waals surface area contributed by atoms with Crippen molar-refractivity contribution in [3.05, 3.63) is 23.9 Å². The Morgan fingerprint density at radius 1 is 1.30 bits per heavy atom. The molecule has 2 bridgehead atoms. The van der Waals surface area contributed by atoms with Crippen molar-refractivity contribution in [2.45, 2.75) is 32.2 Å². The number of amides is 3. The van der Waals surface area contributed by atoms with Crippen LogP contribution in [0, 0.1) is 5.92 Å². The zero-order valence-corrected chi connectivity index (χ0v) is 15.5. The summed E-state index contributed by atoms with van der Waals surface area (Å²) in [6.45, 7) is 5.81. The van der Waals surface area contributed by atoms with Crippen LogP contribution in [0.25, 0.3) is 10.9 Å². The maximum absolute atomic E-state index is 12.8. The van der Waals surface area contributed by atoms with Crippen molar-refractivity contribution in [3.63, 3.8) is 0 Å². The summed E-state index contributed by atoms with van der Waals surface area (Å²) in [5.74, 6) is 0.399. The van der Waals surface area contributed by atoms with Crippen molar-refractivity contribution in [2.24, 2.45) is 5.92 Å². The molecule has 5 rings (SSSR count). The molecule has 2 aromatic rings. The van der Waals surface area contributed by atoms with Gasteiger partial charge in [-0.2, -0.15) is 5.10 Å². The second-order valence-electron chi connectivity index (χ2n) is 7.43. The highest BCUT2D eigenvalue weighted by atomic mass is 16.2. The lowest BCUT2D eigenvalue weighted by molar-refractivity contribution is 0.0618. The van der Waals surface area contributed by atoms with E-state index in [4.69, 9.17) is 0 Å². The summed E-state index contributed by atoms with van der Waals surface area (Å²) in [6.07, 6.45) is 3.17. The van der Waals surface area contributed by atoms with Crippen LogP contribution in [0.1, 0.15) is 36.7 Å². The zero-order valence-electron chi connectivity index (χ0n) is 15.5. The smallest absolute Gasteiger partial charge is 0.319 e. The molecule has 3 fully saturated rings. The number of piperidine rings is 3. The number of fused-ring (bicyclic) bond motifs is 4. The molecule has 0 unspecified atom stereocenters. The molecule has 3 amide bonds. The summed E-state index contributed by atoms with van der Waals surface area (Å²) >= 11 is 0. The molecule has 3 saturated heterocycles. The molecule has 3 aliphatic rings. The van der Waals surface area contributed by atoms with Gasteiger partial charge in [-0.15, -0.1) is 0 Å². The van der Waals surface area contributed by atoms with E-state index in [0.717, 1.165) is 44.4 Å². The molecule has 8 heteroatoms. The van der Waals surface area contributed by atoms with Crippen molar-refractivity contribution < 1.29 is 9.59 Å². The van der Waals surface area contributed by atoms with Crippen molar-refractivity contribution in [1.29, 1.82) is 0 Å². The van der Waals surface area contributed by atoms with Gasteiger partial charge in [-0.25, -0.2) is 4.79 Å². The molecule has 0 saturated carbocycles. The minimum Gasteiger partial charge on any atom is -0.346 e. The Balaban J connectivity index is 1.48. The van der Waals surface area contributed by atoms with Gasteiger partial charge in [-0.3, -0.25) is 9.89 Å². The second kappa shape index (κ2) is 7.56. The summed E-state index contributed by atoms with van der Waals surface area (Å²) in [5.41, 5.74) is 1.78.